The molecule has 1 aliphatic carbocycles. The molecule has 0 unspecified atom stereocenters. The fourth-order valence-electron chi connectivity index (χ4n) is 3.19. The number of H-pyrrole nitrogens is 1. The summed E-state index contributed by atoms with van der Waals surface area (Å²) in [6.07, 6.45) is 2.30. The molecule has 0 aliphatic heterocycles. The van der Waals surface area contributed by atoms with Gasteiger partial charge in [0.1, 0.15) is 5.52 Å². The highest BCUT2D eigenvalue weighted by Gasteiger charge is 2.28. The van der Waals surface area contributed by atoms with E-state index in [1.165, 1.54) is 0 Å². The van der Waals surface area contributed by atoms with Gasteiger partial charge in [0.25, 0.3) is 5.56 Å². The van der Waals surface area contributed by atoms with E-state index in [1.54, 1.807) is 30.3 Å². The van der Waals surface area contributed by atoms with Crippen LogP contribution in [0.3, 0.4) is 0 Å². The summed E-state index contributed by atoms with van der Waals surface area (Å²) in [4.78, 5) is 28.8. The van der Waals surface area contributed by atoms with Crippen LogP contribution in [0.25, 0.3) is 21.9 Å². The third-order valence-corrected chi connectivity index (χ3v) is 4.72. The Morgan fingerprint density at radius 2 is 2.00 bits per heavy atom. The highest BCUT2D eigenvalue weighted by Crippen LogP contribution is 2.40. The number of hydrogen-bond acceptors (Lipinski definition) is 5. The maximum absolute atomic E-state index is 12.5. The zero-order valence-electron chi connectivity index (χ0n) is 14.4. The van der Waals surface area contributed by atoms with Gasteiger partial charge in [0.05, 0.1) is 17.5 Å². The fraction of sp³-hybridized carbons (Fsp3) is 0.200. The minimum atomic E-state index is -0.266. The van der Waals surface area contributed by atoms with Crippen LogP contribution in [-0.4, -0.2) is 21.1 Å². The minimum Gasteiger partial charge on any atom is -0.440 e. The van der Waals surface area contributed by atoms with Crippen molar-refractivity contribution in [1.82, 2.24) is 15.2 Å². The van der Waals surface area contributed by atoms with Gasteiger partial charge in [-0.25, -0.2) is 10.1 Å². The molecule has 7 nitrogen and oxygen atoms in total. The van der Waals surface area contributed by atoms with Gasteiger partial charge in [0.15, 0.2) is 11.5 Å². The number of oxazole rings is 1. The Morgan fingerprint density at radius 3 is 2.81 bits per heavy atom. The van der Waals surface area contributed by atoms with E-state index in [2.05, 4.69) is 20.5 Å². The van der Waals surface area contributed by atoms with Crippen LogP contribution in [0, 0.1) is 0 Å². The molecule has 27 heavy (non-hydrogen) atoms. The Bertz CT molecular complexity index is 1240. The van der Waals surface area contributed by atoms with Crippen molar-refractivity contribution >= 4 is 33.5 Å². The number of hydrogen-bond donors (Lipinski definition) is 2. The van der Waals surface area contributed by atoms with Gasteiger partial charge in [-0.05, 0) is 37.1 Å². The van der Waals surface area contributed by atoms with Crippen LogP contribution < -0.4 is 10.9 Å². The lowest BCUT2D eigenvalue weighted by molar-refractivity contribution is -0.115. The number of amides is 1. The SMILES string of the molecule is O=C(Cc1n[nH]c(=O)c2ccccc12)Nc1ccc2oc(C3CC3)nc2c1. The first-order chi connectivity index (χ1) is 13.2. The topological polar surface area (TPSA) is 101 Å². The number of aromatic nitrogens is 3. The van der Waals surface area contributed by atoms with E-state index in [1.807, 2.05) is 12.1 Å². The number of rotatable bonds is 4. The van der Waals surface area contributed by atoms with Crippen molar-refractivity contribution in [3.8, 4) is 0 Å². The number of nitrogens with one attached hydrogen (secondary N) is 2. The number of anilines is 1. The summed E-state index contributed by atoms with van der Waals surface area (Å²) >= 11 is 0. The van der Waals surface area contributed by atoms with Crippen LogP contribution in [0.15, 0.2) is 51.7 Å². The largest absolute Gasteiger partial charge is 0.440 e. The Balaban J connectivity index is 1.38. The van der Waals surface area contributed by atoms with Crippen molar-refractivity contribution in [2.24, 2.45) is 0 Å². The van der Waals surface area contributed by atoms with Gasteiger partial charge in [0.2, 0.25) is 5.91 Å². The summed E-state index contributed by atoms with van der Waals surface area (Å²) in [5, 5.41) is 10.6. The second-order valence-electron chi connectivity index (χ2n) is 6.78. The Morgan fingerprint density at radius 1 is 1.19 bits per heavy atom. The summed E-state index contributed by atoms with van der Waals surface area (Å²) in [5.74, 6) is 0.998. The zero-order chi connectivity index (χ0) is 18.4. The van der Waals surface area contributed by atoms with Gasteiger partial charge in [-0.1, -0.05) is 18.2 Å². The summed E-state index contributed by atoms with van der Waals surface area (Å²) in [5.41, 5.74) is 2.38. The van der Waals surface area contributed by atoms with Crippen LogP contribution in [-0.2, 0) is 11.2 Å². The molecule has 2 N–H and O–H groups in total. The Kier molecular flexibility index (Phi) is 3.53. The standard InChI is InChI=1S/C20H16N4O3/c25-18(10-15-13-3-1-2-4-14(13)19(26)24-23-15)21-12-7-8-17-16(9-12)22-20(27-17)11-5-6-11/h1-4,7-9,11H,5-6,10H2,(H,21,25)(H,24,26). The number of carbonyl (C=O) groups is 1. The lowest BCUT2D eigenvalue weighted by atomic mass is 10.1. The first-order valence-corrected chi connectivity index (χ1v) is 8.84. The molecule has 0 saturated heterocycles. The van der Waals surface area contributed by atoms with E-state index in [0.29, 0.717) is 28.1 Å². The van der Waals surface area contributed by atoms with Gasteiger partial charge in [-0.2, -0.15) is 5.10 Å². The second-order valence-corrected chi connectivity index (χ2v) is 6.78. The fourth-order valence-corrected chi connectivity index (χ4v) is 3.19. The molecule has 0 spiro atoms. The first kappa shape index (κ1) is 15.7. The molecule has 2 aromatic carbocycles. The Labute approximate surface area is 153 Å². The molecular weight excluding hydrogens is 344 g/mol. The third kappa shape index (κ3) is 2.97. The molecule has 0 atom stereocenters. The monoisotopic (exact) mass is 360 g/mol. The van der Waals surface area contributed by atoms with Gasteiger partial charge < -0.3 is 9.73 Å². The van der Waals surface area contributed by atoms with Crippen molar-refractivity contribution in [1.29, 1.82) is 0 Å². The minimum absolute atomic E-state index is 0.0570. The number of aromatic amines is 1. The van der Waals surface area contributed by atoms with Gasteiger partial charge in [-0.15, -0.1) is 0 Å². The smallest absolute Gasteiger partial charge is 0.272 e. The molecule has 0 radical (unpaired) electrons. The summed E-state index contributed by atoms with van der Waals surface area (Å²) < 4.78 is 5.74. The maximum atomic E-state index is 12.5. The number of fused-ring (bicyclic) bond motifs is 2. The third-order valence-electron chi connectivity index (χ3n) is 4.72. The molecular formula is C20H16N4O3. The van der Waals surface area contributed by atoms with E-state index >= 15 is 0 Å². The molecule has 2 aromatic heterocycles. The van der Waals surface area contributed by atoms with Gasteiger partial charge >= 0.3 is 0 Å². The number of benzene rings is 2. The molecule has 7 heteroatoms. The summed E-state index contributed by atoms with van der Waals surface area (Å²) in [6.45, 7) is 0. The second kappa shape index (κ2) is 6.05. The van der Waals surface area contributed by atoms with Crippen molar-refractivity contribution in [3.05, 3.63) is 64.4 Å². The summed E-state index contributed by atoms with van der Waals surface area (Å²) in [6, 6.07) is 12.5. The lowest BCUT2D eigenvalue weighted by Crippen LogP contribution is -2.18. The molecule has 134 valence electrons. The highest BCUT2D eigenvalue weighted by molar-refractivity contribution is 5.96. The van der Waals surface area contributed by atoms with Gasteiger partial charge in [0, 0.05) is 17.0 Å². The quantitative estimate of drug-likeness (QED) is 0.582. The van der Waals surface area contributed by atoms with E-state index < -0.39 is 0 Å². The molecule has 2 heterocycles. The van der Waals surface area contributed by atoms with Crippen LogP contribution in [0.4, 0.5) is 5.69 Å². The molecule has 0 bridgehead atoms. The highest BCUT2D eigenvalue weighted by atomic mass is 16.3. The molecule has 1 aliphatic rings. The summed E-state index contributed by atoms with van der Waals surface area (Å²) in [7, 11) is 0. The van der Waals surface area contributed by atoms with Crippen molar-refractivity contribution < 1.29 is 9.21 Å². The molecule has 1 saturated carbocycles. The zero-order valence-corrected chi connectivity index (χ0v) is 14.4. The van der Waals surface area contributed by atoms with Crippen LogP contribution in [0.1, 0.15) is 30.3 Å². The lowest BCUT2D eigenvalue weighted by Gasteiger charge is -2.06. The van der Waals surface area contributed by atoms with E-state index in [-0.39, 0.29) is 17.9 Å². The van der Waals surface area contributed by atoms with E-state index in [9.17, 15) is 9.59 Å². The predicted molar refractivity (Wildman–Crippen MR) is 101 cm³/mol. The maximum Gasteiger partial charge on any atom is 0.272 e. The molecule has 5 rings (SSSR count). The first-order valence-electron chi connectivity index (χ1n) is 8.84. The van der Waals surface area contributed by atoms with Crippen molar-refractivity contribution in [2.45, 2.75) is 25.2 Å². The molecule has 4 aromatic rings. The Hall–Kier alpha value is -3.48. The van der Waals surface area contributed by atoms with Crippen molar-refractivity contribution in [2.75, 3.05) is 5.32 Å². The van der Waals surface area contributed by atoms with Crippen LogP contribution in [0.5, 0.6) is 0 Å². The van der Waals surface area contributed by atoms with E-state index in [0.717, 1.165) is 29.8 Å². The van der Waals surface area contributed by atoms with Crippen LogP contribution in [0.2, 0.25) is 0 Å². The van der Waals surface area contributed by atoms with Gasteiger partial charge in [-0.3, -0.25) is 9.59 Å². The normalized spacial score (nSPS) is 13.9. The molecule has 1 fully saturated rings. The molecule has 1 amide bonds. The van der Waals surface area contributed by atoms with E-state index in [4.69, 9.17) is 4.42 Å². The predicted octanol–water partition coefficient (Wildman–Crippen LogP) is 3.12. The average Bonchev–Trinajstić information content (AvgIpc) is 3.44. The number of carbonyl (C=O) groups excluding carboxylic acids is 1. The van der Waals surface area contributed by atoms with Crippen LogP contribution >= 0.6 is 0 Å². The van der Waals surface area contributed by atoms with Crippen molar-refractivity contribution in [3.63, 3.8) is 0 Å². The average molecular weight is 360 g/mol. The number of nitrogens with zero attached hydrogens (tertiary/aromatic N) is 2.